The molecule has 2 atom stereocenters. The second-order valence-corrected chi connectivity index (χ2v) is 9.16. The largest absolute Gasteiger partial charge is 0.459 e. The molecule has 1 fully saturated rings. The van der Waals surface area contributed by atoms with E-state index in [9.17, 15) is 4.79 Å². The first-order valence-corrected chi connectivity index (χ1v) is 11.3. The average molecular weight is 417 g/mol. The van der Waals surface area contributed by atoms with Gasteiger partial charge in [-0.25, -0.2) is 0 Å². The van der Waals surface area contributed by atoms with Crippen LogP contribution in [0.15, 0.2) is 30.3 Å². The fourth-order valence-corrected chi connectivity index (χ4v) is 3.49. The Morgan fingerprint density at radius 2 is 1.93 bits per heavy atom. The van der Waals surface area contributed by atoms with E-state index in [-0.39, 0.29) is 24.1 Å². The van der Waals surface area contributed by atoms with Crippen LogP contribution in [0.3, 0.4) is 0 Å². The van der Waals surface area contributed by atoms with Crippen molar-refractivity contribution < 1.29 is 14.2 Å². The molecule has 2 rings (SSSR count). The summed E-state index contributed by atoms with van der Waals surface area (Å²) in [6, 6.07) is 9.75. The van der Waals surface area contributed by atoms with E-state index >= 15 is 0 Å². The Hall–Kier alpha value is -1.37. The zero-order valence-corrected chi connectivity index (χ0v) is 19.9. The molecule has 30 heavy (non-hydrogen) atoms. The highest BCUT2D eigenvalue weighted by molar-refractivity contribution is 6.27. The lowest BCUT2D eigenvalue weighted by molar-refractivity contribution is -0.153. The van der Waals surface area contributed by atoms with E-state index in [2.05, 4.69) is 33.0 Å². The zero-order chi connectivity index (χ0) is 22.6. The minimum Gasteiger partial charge on any atom is -0.459 e. The molecule has 1 saturated carbocycles. The van der Waals surface area contributed by atoms with E-state index in [1.165, 1.54) is 0 Å². The molecule has 3 N–H and O–H groups in total. The Labute approximate surface area is 184 Å². The summed E-state index contributed by atoms with van der Waals surface area (Å²) in [6.07, 6.45) is 5.48. The van der Waals surface area contributed by atoms with Crippen LogP contribution in [-0.2, 0) is 20.8 Å². The molecule has 1 aromatic carbocycles. The molecule has 6 heteroatoms. The van der Waals surface area contributed by atoms with Gasteiger partial charge >= 0.3 is 5.97 Å². The molecule has 0 heterocycles. The van der Waals surface area contributed by atoms with Gasteiger partial charge in [0, 0.05) is 5.60 Å². The average Bonchev–Trinajstić information content (AvgIpc) is 3.09. The number of hydrogen-bond acceptors (Lipinski definition) is 5. The van der Waals surface area contributed by atoms with Gasteiger partial charge in [0.2, 0.25) is 0 Å². The van der Waals surface area contributed by atoms with Crippen LogP contribution in [0, 0.1) is 11.8 Å². The zero-order valence-electron chi connectivity index (χ0n) is 19.9. The summed E-state index contributed by atoms with van der Waals surface area (Å²) in [5, 5.41) is 2.75. The molecule has 0 saturated heterocycles. The van der Waals surface area contributed by atoms with Crippen LogP contribution in [0.25, 0.3) is 0 Å². The van der Waals surface area contributed by atoms with Crippen molar-refractivity contribution in [3.05, 3.63) is 35.9 Å². The molecular weight excluding hydrogens is 375 g/mol. The van der Waals surface area contributed by atoms with Crippen LogP contribution in [0.2, 0.25) is 6.32 Å². The fourth-order valence-electron chi connectivity index (χ4n) is 3.49. The topological polar surface area (TPSA) is 73.6 Å². The minimum atomic E-state index is -0.840. The van der Waals surface area contributed by atoms with Crippen molar-refractivity contribution in [2.75, 3.05) is 14.1 Å². The minimum absolute atomic E-state index is 0.147. The predicted octanol–water partition coefficient (Wildman–Crippen LogP) is 4.33. The summed E-state index contributed by atoms with van der Waals surface area (Å²) in [5.41, 5.74) is 6.52. The van der Waals surface area contributed by atoms with E-state index < -0.39 is 5.54 Å². The summed E-state index contributed by atoms with van der Waals surface area (Å²) in [6.45, 7) is 8.83. The quantitative estimate of drug-likeness (QED) is 0.337. The number of esters is 1. The second-order valence-electron chi connectivity index (χ2n) is 9.16. The Bertz CT molecular complexity index is 610. The van der Waals surface area contributed by atoms with Crippen molar-refractivity contribution >= 4 is 13.5 Å². The molecule has 2 unspecified atom stereocenters. The molecule has 0 bridgehead atoms. The molecule has 0 spiro atoms. The Balaban J connectivity index is 0.00000141. The van der Waals surface area contributed by atoms with Crippen LogP contribution in [-0.4, -0.2) is 38.7 Å². The summed E-state index contributed by atoms with van der Waals surface area (Å²) in [7, 11) is 5.67. The number of carbonyl (C=O) groups is 1. The Morgan fingerprint density at radius 1 is 1.30 bits per heavy atom. The molecular formula is C24H42BN2O3. The van der Waals surface area contributed by atoms with E-state index in [0.717, 1.165) is 37.6 Å². The standard InChI is InChI=1S/C22H35BNO3.C2H7N/c1-17(2)21(3,4)27-23-15-9-13-19-12-8-14-22(19,24)20(25)26-16-18-10-6-5-7-11-18;1-3-2/h5-7,10-11,17,19H,8-9,12-16,24H2,1-4H3;3H,1-2H3. The lowest BCUT2D eigenvalue weighted by Gasteiger charge is -2.31. The van der Waals surface area contributed by atoms with Crippen LogP contribution in [0.4, 0.5) is 0 Å². The highest BCUT2D eigenvalue weighted by Crippen LogP contribution is 2.38. The first kappa shape index (κ1) is 26.7. The Kier molecular flexibility index (Phi) is 11.7. The number of ether oxygens (including phenoxy) is 1. The van der Waals surface area contributed by atoms with E-state index in [1.807, 2.05) is 51.9 Å². The summed E-state index contributed by atoms with van der Waals surface area (Å²) in [4.78, 5) is 12.7. The monoisotopic (exact) mass is 417 g/mol. The third-order valence-electron chi connectivity index (χ3n) is 6.12. The molecule has 169 valence electrons. The highest BCUT2D eigenvalue weighted by Gasteiger charge is 2.46. The van der Waals surface area contributed by atoms with Crippen molar-refractivity contribution in [1.82, 2.24) is 5.32 Å². The van der Waals surface area contributed by atoms with Crippen molar-refractivity contribution in [2.45, 2.75) is 83.9 Å². The van der Waals surface area contributed by atoms with Crippen LogP contribution in [0.1, 0.15) is 65.4 Å². The smallest absolute Gasteiger partial charge is 0.326 e. The van der Waals surface area contributed by atoms with Gasteiger partial charge < -0.3 is 20.4 Å². The maximum absolute atomic E-state index is 12.7. The van der Waals surface area contributed by atoms with Crippen LogP contribution >= 0.6 is 0 Å². The molecule has 0 amide bonds. The summed E-state index contributed by atoms with van der Waals surface area (Å²) in [5.74, 6) is 0.391. The number of nitrogens with one attached hydrogen (secondary N) is 1. The van der Waals surface area contributed by atoms with Crippen LogP contribution < -0.4 is 11.1 Å². The van der Waals surface area contributed by atoms with Crippen LogP contribution in [0.5, 0.6) is 0 Å². The first-order chi connectivity index (χ1) is 14.2. The SMILES string of the molecule is CC(C)C(C)(C)O[B]CCCC1CCCC1(N)C(=O)OCc1ccccc1.CNC. The fraction of sp³-hybridized carbons (Fsp3) is 0.708. The normalized spacial score (nSPS) is 21.1. The third-order valence-corrected chi connectivity index (χ3v) is 6.12. The van der Waals surface area contributed by atoms with E-state index in [1.54, 1.807) is 0 Å². The van der Waals surface area contributed by atoms with Gasteiger partial charge in [0.15, 0.2) is 0 Å². The molecule has 0 aromatic heterocycles. The highest BCUT2D eigenvalue weighted by atomic mass is 16.5. The van der Waals surface area contributed by atoms with Gasteiger partial charge in [-0.15, -0.1) is 0 Å². The van der Waals surface area contributed by atoms with Gasteiger partial charge in [-0.05, 0) is 64.6 Å². The first-order valence-electron chi connectivity index (χ1n) is 11.3. The lowest BCUT2D eigenvalue weighted by atomic mass is 9.80. The molecule has 1 radical (unpaired) electrons. The van der Waals surface area contributed by atoms with Crippen molar-refractivity contribution in [2.24, 2.45) is 17.6 Å². The second kappa shape index (κ2) is 13.1. The van der Waals surface area contributed by atoms with E-state index in [0.29, 0.717) is 12.3 Å². The van der Waals surface area contributed by atoms with Crippen molar-refractivity contribution in [3.63, 3.8) is 0 Å². The third kappa shape index (κ3) is 8.40. The lowest BCUT2D eigenvalue weighted by Crippen LogP contribution is -2.51. The van der Waals surface area contributed by atoms with Gasteiger partial charge in [-0.1, -0.05) is 63.3 Å². The van der Waals surface area contributed by atoms with Crippen molar-refractivity contribution in [3.8, 4) is 0 Å². The van der Waals surface area contributed by atoms with E-state index in [4.69, 9.17) is 15.1 Å². The number of rotatable bonds is 10. The number of benzene rings is 1. The van der Waals surface area contributed by atoms with Gasteiger partial charge in [0.1, 0.15) is 12.1 Å². The molecule has 0 aliphatic heterocycles. The van der Waals surface area contributed by atoms with Crippen molar-refractivity contribution in [1.29, 1.82) is 0 Å². The molecule has 1 aliphatic carbocycles. The molecule has 5 nitrogen and oxygen atoms in total. The maximum Gasteiger partial charge on any atom is 0.326 e. The van der Waals surface area contributed by atoms with Gasteiger partial charge in [0.05, 0.1) is 0 Å². The Morgan fingerprint density at radius 3 is 2.53 bits per heavy atom. The number of carbonyl (C=O) groups excluding carboxylic acids is 1. The molecule has 1 aromatic rings. The summed E-state index contributed by atoms with van der Waals surface area (Å²) < 4.78 is 11.4. The maximum atomic E-state index is 12.7. The van der Waals surface area contributed by atoms with Gasteiger partial charge in [-0.2, -0.15) is 0 Å². The summed E-state index contributed by atoms with van der Waals surface area (Å²) >= 11 is 0. The predicted molar refractivity (Wildman–Crippen MR) is 125 cm³/mol. The number of hydrogen-bond donors (Lipinski definition) is 2. The molecule has 1 aliphatic rings. The number of nitrogens with two attached hydrogens (primary N) is 1. The van der Waals surface area contributed by atoms with Gasteiger partial charge in [0.25, 0.3) is 7.48 Å². The van der Waals surface area contributed by atoms with Gasteiger partial charge in [-0.3, -0.25) is 4.79 Å².